The van der Waals surface area contributed by atoms with Crippen molar-refractivity contribution in [3.05, 3.63) is 0 Å². The van der Waals surface area contributed by atoms with Crippen molar-refractivity contribution in [2.75, 3.05) is 26.4 Å². The van der Waals surface area contributed by atoms with Gasteiger partial charge in [0.05, 0.1) is 0 Å². The minimum absolute atomic E-state index is 0. The Kier molecular flexibility index (Phi) is 16.4. The van der Waals surface area contributed by atoms with E-state index < -0.39 is 9.05 Å². The molecule has 0 amide bonds. The van der Waals surface area contributed by atoms with Crippen molar-refractivity contribution in [3.8, 4) is 0 Å². The van der Waals surface area contributed by atoms with Gasteiger partial charge in [0.15, 0.2) is 0 Å². The van der Waals surface area contributed by atoms with Crippen molar-refractivity contribution in [3.63, 3.8) is 0 Å². The zero-order valence-electron chi connectivity index (χ0n) is 10.2. The minimum Gasteiger partial charge on any atom is -0.412 e. The van der Waals surface area contributed by atoms with Crippen molar-refractivity contribution in [1.82, 2.24) is 6.15 Å². The van der Waals surface area contributed by atoms with Crippen LogP contribution in [0.25, 0.3) is 0 Å². The lowest BCUT2D eigenvalue weighted by atomic mass is 10.9. The first-order valence-electron chi connectivity index (χ1n) is 4.80. The van der Waals surface area contributed by atoms with E-state index in [0.717, 1.165) is 0 Å². The molecule has 0 atom stereocenters. The van der Waals surface area contributed by atoms with Gasteiger partial charge >= 0.3 is 9.05 Å². The molecule has 0 fully saturated rings. The summed E-state index contributed by atoms with van der Waals surface area (Å²) in [6.07, 6.45) is 0. The highest BCUT2D eigenvalue weighted by molar-refractivity contribution is 6.53. The van der Waals surface area contributed by atoms with Gasteiger partial charge in [-0.25, -0.2) is 0 Å². The maximum absolute atomic E-state index is 5.42. The predicted octanol–water partition coefficient (Wildman–Crippen LogP) is 0.905. The zero-order chi connectivity index (χ0) is 10.2. The van der Waals surface area contributed by atoms with Crippen molar-refractivity contribution >= 4 is 9.05 Å². The highest BCUT2D eigenvalue weighted by atomic mass is 28.4. The van der Waals surface area contributed by atoms with Crippen molar-refractivity contribution in [2.45, 2.75) is 27.7 Å². The fourth-order valence-corrected chi connectivity index (χ4v) is 2.87. The standard InChI is InChI=1S/C8H20O4Si.H3N.H2O/c1-5-9-13(10-6-2,11-7-3)12-8-4;;/h5-8H2,1-4H3;1H3;1H2. The van der Waals surface area contributed by atoms with Crippen LogP contribution in [0.4, 0.5) is 0 Å². The van der Waals surface area contributed by atoms with E-state index >= 15 is 0 Å². The van der Waals surface area contributed by atoms with Crippen LogP contribution in [0.1, 0.15) is 27.7 Å². The smallest absolute Gasteiger partial charge is 0.412 e. The lowest BCUT2D eigenvalue weighted by Crippen LogP contribution is -2.49. The molecule has 0 heterocycles. The second kappa shape index (κ2) is 12.0. The molecular formula is C8H25NO5Si. The van der Waals surface area contributed by atoms with Crippen LogP contribution >= 0.6 is 0 Å². The molecule has 0 aromatic rings. The molecule has 0 aliphatic heterocycles. The molecule has 6 nitrogen and oxygen atoms in total. The quantitative estimate of drug-likeness (QED) is 0.638. The van der Waals surface area contributed by atoms with Crippen LogP contribution in [0.2, 0.25) is 0 Å². The van der Waals surface area contributed by atoms with Gasteiger partial charge in [-0.1, -0.05) is 0 Å². The Labute approximate surface area is 93.2 Å². The normalized spacial score (nSPS) is 10.4. The van der Waals surface area contributed by atoms with Gasteiger partial charge < -0.3 is 29.3 Å². The van der Waals surface area contributed by atoms with Crippen LogP contribution in [0.3, 0.4) is 0 Å². The molecule has 7 heteroatoms. The van der Waals surface area contributed by atoms with E-state index in [0.29, 0.717) is 26.4 Å². The predicted molar refractivity (Wildman–Crippen MR) is 60.9 cm³/mol. The fourth-order valence-electron chi connectivity index (χ4n) is 0.957. The van der Waals surface area contributed by atoms with Gasteiger partial charge in [0, 0.05) is 26.4 Å². The SMILES string of the molecule is CCO[Si](OCC)(OCC)OCC.N.O. The number of hydrogen-bond acceptors (Lipinski definition) is 5. The maximum atomic E-state index is 5.42. The Bertz CT molecular complexity index is 98.1. The minimum atomic E-state index is -2.80. The van der Waals surface area contributed by atoms with Gasteiger partial charge in [-0.15, -0.1) is 0 Å². The monoisotopic (exact) mass is 243 g/mol. The molecule has 0 radical (unpaired) electrons. The van der Waals surface area contributed by atoms with Crippen LogP contribution in [0, 0.1) is 0 Å². The van der Waals surface area contributed by atoms with Gasteiger partial charge in [-0.05, 0) is 27.7 Å². The Hall–Kier alpha value is -0.0231. The Morgan fingerprint density at radius 3 is 1.00 bits per heavy atom. The van der Waals surface area contributed by atoms with Crippen LogP contribution < -0.4 is 6.15 Å². The van der Waals surface area contributed by atoms with Crippen molar-refractivity contribution in [2.24, 2.45) is 0 Å². The Morgan fingerprint density at radius 1 is 0.667 bits per heavy atom. The molecule has 0 saturated heterocycles. The lowest BCUT2D eigenvalue weighted by Gasteiger charge is -2.26. The third-order valence-electron chi connectivity index (χ3n) is 1.28. The van der Waals surface area contributed by atoms with Crippen LogP contribution in [0.5, 0.6) is 0 Å². The van der Waals surface area contributed by atoms with Crippen LogP contribution in [0.15, 0.2) is 0 Å². The average molecular weight is 243 g/mol. The summed E-state index contributed by atoms with van der Waals surface area (Å²) >= 11 is 0. The summed E-state index contributed by atoms with van der Waals surface area (Å²) in [6.45, 7) is 9.80. The van der Waals surface area contributed by atoms with E-state index in [1.807, 2.05) is 27.7 Å². The molecule has 5 N–H and O–H groups in total. The average Bonchev–Trinajstić information content (AvgIpc) is 2.06. The molecule has 0 aromatic carbocycles. The van der Waals surface area contributed by atoms with Gasteiger partial charge in [0.2, 0.25) is 0 Å². The Morgan fingerprint density at radius 2 is 0.867 bits per heavy atom. The molecule has 0 spiro atoms. The molecule has 96 valence electrons. The summed E-state index contributed by atoms with van der Waals surface area (Å²) in [4.78, 5) is 0. The second-order valence-electron chi connectivity index (χ2n) is 2.23. The molecule has 0 bridgehead atoms. The summed E-state index contributed by atoms with van der Waals surface area (Å²) in [7, 11) is -2.80. The summed E-state index contributed by atoms with van der Waals surface area (Å²) in [5, 5.41) is 0. The maximum Gasteiger partial charge on any atom is 0.679 e. The van der Waals surface area contributed by atoms with E-state index in [1.54, 1.807) is 0 Å². The molecule has 0 saturated carbocycles. The molecule has 0 rings (SSSR count). The van der Waals surface area contributed by atoms with E-state index in [9.17, 15) is 0 Å². The van der Waals surface area contributed by atoms with Gasteiger partial charge in [0.1, 0.15) is 0 Å². The van der Waals surface area contributed by atoms with Gasteiger partial charge in [-0.3, -0.25) is 0 Å². The molecule has 0 aromatic heterocycles. The van der Waals surface area contributed by atoms with Gasteiger partial charge in [0.25, 0.3) is 0 Å². The lowest BCUT2D eigenvalue weighted by molar-refractivity contribution is -0.0247. The van der Waals surface area contributed by atoms with Crippen molar-refractivity contribution in [1.29, 1.82) is 0 Å². The van der Waals surface area contributed by atoms with Crippen LogP contribution in [-0.4, -0.2) is 41.0 Å². The molecule has 0 aliphatic rings. The summed E-state index contributed by atoms with van der Waals surface area (Å²) in [5.74, 6) is 0. The first-order chi connectivity index (χ1) is 6.24. The third kappa shape index (κ3) is 7.85. The molecular weight excluding hydrogens is 218 g/mol. The Balaban J connectivity index is -0.000000720. The van der Waals surface area contributed by atoms with E-state index in [2.05, 4.69) is 0 Å². The first kappa shape index (κ1) is 20.4. The fraction of sp³-hybridized carbons (Fsp3) is 1.00. The number of rotatable bonds is 8. The summed E-state index contributed by atoms with van der Waals surface area (Å²) < 4.78 is 21.7. The molecule has 0 unspecified atom stereocenters. The topological polar surface area (TPSA) is 103 Å². The highest BCUT2D eigenvalue weighted by Gasteiger charge is 2.44. The van der Waals surface area contributed by atoms with Crippen LogP contribution in [-0.2, 0) is 17.7 Å². The number of hydrogen-bond donors (Lipinski definition) is 1. The summed E-state index contributed by atoms with van der Waals surface area (Å²) in [5.41, 5.74) is 0. The third-order valence-corrected chi connectivity index (χ3v) is 3.85. The second-order valence-corrected chi connectivity index (χ2v) is 4.39. The highest BCUT2D eigenvalue weighted by Crippen LogP contribution is 2.11. The van der Waals surface area contributed by atoms with Crippen molar-refractivity contribution < 1.29 is 23.2 Å². The molecule has 15 heavy (non-hydrogen) atoms. The van der Waals surface area contributed by atoms with E-state index in [4.69, 9.17) is 17.7 Å². The van der Waals surface area contributed by atoms with Gasteiger partial charge in [-0.2, -0.15) is 0 Å². The van der Waals surface area contributed by atoms with E-state index in [-0.39, 0.29) is 11.6 Å². The molecule has 0 aliphatic carbocycles. The summed E-state index contributed by atoms with van der Waals surface area (Å²) in [6, 6.07) is 0. The zero-order valence-corrected chi connectivity index (χ0v) is 11.2. The first-order valence-corrected chi connectivity index (χ1v) is 6.43. The van der Waals surface area contributed by atoms with E-state index in [1.165, 1.54) is 0 Å². The largest absolute Gasteiger partial charge is 0.679 e.